The van der Waals surface area contributed by atoms with E-state index in [1.807, 2.05) is 12.1 Å². The molecule has 2 aromatic rings. The number of hydrogen-bond donors (Lipinski definition) is 1. The minimum Gasteiger partial charge on any atom is -0.469 e. The van der Waals surface area contributed by atoms with E-state index in [1.165, 1.54) is 7.11 Å². The highest BCUT2D eigenvalue weighted by Crippen LogP contribution is 2.21. The first-order valence-corrected chi connectivity index (χ1v) is 8.08. The molecule has 0 amide bonds. The SMILES string of the molecule is COC(=O)CCCS(=O)(=O)Nc1cccc2cccnc12. The number of methoxy groups -OCH3 is 1. The van der Waals surface area contributed by atoms with Crippen LogP contribution in [0.4, 0.5) is 5.69 Å². The number of pyridine rings is 1. The molecule has 1 aromatic carbocycles. The second-order valence-corrected chi connectivity index (χ2v) is 6.32. The van der Waals surface area contributed by atoms with Gasteiger partial charge in [0.2, 0.25) is 10.0 Å². The van der Waals surface area contributed by atoms with Crippen LogP contribution in [0.2, 0.25) is 0 Å². The first-order chi connectivity index (χ1) is 10.0. The standard InChI is InChI=1S/C14H16N2O4S/c1-20-13(17)8-4-10-21(18,19)16-12-7-2-5-11-6-3-9-15-14(11)12/h2-3,5-7,9,16H,4,8,10H2,1H3. The Morgan fingerprint density at radius 2 is 2.05 bits per heavy atom. The maximum Gasteiger partial charge on any atom is 0.305 e. The summed E-state index contributed by atoms with van der Waals surface area (Å²) >= 11 is 0. The number of hydrogen-bond acceptors (Lipinski definition) is 5. The van der Waals surface area contributed by atoms with Crippen molar-refractivity contribution in [1.29, 1.82) is 0 Å². The molecule has 112 valence electrons. The minimum atomic E-state index is -3.53. The number of para-hydroxylation sites is 1. The Labute approximate surface area is 123 Å². The van der Waals surface area contributed by atoms with Crippen LogP contribution in [-0.2, 0) is 19.6 Å². The van der Waals surface area contributed by atoms with Crippen LogP contribution < -0.4 is 4.72 Å². The number of esters is 1. The topological polar surface area (TPSA) is 85.4 Å². The van der Waals surface area contributed by atoms with E-state index in [2.05, 4.69) is 14.4 Å². The molecule has 2 rings (SSSR count). The second-order valence-electron chi connectivity index (χ2n) is 4.48. The first-order valence-electron chi connectivity index (χ1n) is 6.43. The van der Waals surface area contributed by atoms with Crippen LogP contribution in [0.15, 0.2) is 36.5 Å². The number of rotatable bonds is 6. The number of nitrogens with one attached hydrogen (secondary N) is 1. The van der Waals surface area contributed by atoms with Crippen LogP contribution in [0.25, 0.3) is 10.9 Å². The highest BCUT2D eigenvalue weighted by atomic mass is 32.2. The summed E-state index contributed by atoms with van der Waals surface area (Å²) in [5.74, 6) is -0.567. The Morgan fingerprint density at radius 1 is 1.29 bits per heavy atom. The van der Waals surface area contributed by atoms with Gasteiger partial charge in [-0.05, 0) is 18.6 Å². The van der Waals surface area contributed by atoms with Crippen molar-refractivity contribution >= 4 is 32.6 Å². The lowest BCUT2D eigenvalue weighted by Gasteiger charge is -2.09. The second kappa shape index (κ2) is 6.53. The van der Waals surface area contributed by atoms with Crippen LogP contribution in [-0.4, -0.2) is 32.2 Å². The zero-order chi connectivity index (χ0) is 15.3. The number of carbonyl (C=O) groups excluding carboxylic acids is 1. The number of aromatic nitrogens is 1. The molecule has 1 aromatic heterocycles. The number of benzene rings is 1. The molecule has 0 bridgehead atoms. The predicted molar refractivity (Wildman–Crippen MR) is 80.4 cm³/mol. The average molecular weight is 308 g/mol. The molecule has 1 N–H and O–H groups in total. The molecule has 0 spiro atoms. The van der Waals surface area contributed by atoms with Crippen molar-refractivity contribution in [1.82, 2.24) is 4.98 Å². The van der Waals surface area contributed by atoms with E-state index in [1.54, 1.807) is 24.4 Å². The van der Waals surface area contributed by atoms with E-state index >= 15 is 0 Å². The Hall–Kier alpha value is -2.15. The lowest BCUT2D eigenvalue weighted by atomic mass is 10.2. The summed E-state index contributed by atoms with van der Waals surface area (Å²) in [6.45, 7) is 0. The van der Waals surface area contributed by atoms with Crippen molar-refractivity contribution in [3.63, 3.8) is 0 Å². The van der Waals surface area contributed by atoms with Crippen LogP contribution in [0.1, 0.15) is 12.8 Å². The third-order valence-corrected chi connectivity index (χ3v) is 4.28. The molecule has 0 aliphatic heterocycles. The zero-order valence-corrected chi connectivity index (χ0v) is 12.4. The molecule has 0 saturated carbocycles. The quantitative estimate of drug-likeness (QED) is 0.824. The monoisotopic (exact) mass is 308 g/mol. The molecular formula is C14H16N2O4S. The molecule has 0 atom stereocenters. The fourth-order valence-corrected chi connectivity index (χ4v) is 3.04. The predicted octanol–water partition coefficient (Wildman–Crippen LogP) is 1.93. The van der Waals surface area contributed by atoms with E-state index in [9.17, 15) is 13.2 Å². The van der Waals surface area contributed by atoms with Gasteiger partial charge in [-0.15, -0.1) is 0 Å². The van der Waals surface area contributed by atoms with E-state index < -0.39 is 16.0 Å². The summed E-state index contributed by atoms with van der Waals surface area (Å²) in [5, 5.41) is 0.854. The van der Waals surface area contributed by atoms with Crippen molar-refractivity contribution in [2.24, 2.45) is 0 Å². The maximum atomic E-state index is 12.0. The molecule has 0 fully saturated rings. The van der Waals surface area contributed by atoms with Gasteiger partial charge in [0.05, 0.1) is 24.1 Å². The Balaban J connectivity index is 2.10. The largest absolute Gasteiger partial charge is 0.469 e. The molecule has 21 heavy (non-hydrogen) atoms. The third-order valence-electron chi connectivity index (χ3n) is 2.92. The Morgan fingerprint density at radius 3 is 2.81 bits per heavy atom. The summed E-state index contributed by atoms with van der Waals surface area (Å²) in [4.78, 5) is 15.2. The molecule has 7 heteroatoms. The molecule has 0 aliphatic carbocycles. The molecule has 0 aliphatic rings. The number of fused-ring (bicyclic) bond motifs is 1. The van der Waals surface area contributed by atoms with Gasteiger partial charge in [-0.25, -0.2) is 8.42 Å². The fraction of sp³-hybridized carbons (Fsp3) is 0.286. The minimum absolute atomic E-state index is 0.0746. The zero-order valence-electron chi connectivity index (χ0n) is 11.6. The van der Waals surface area contributed by atoms with Crippen LogP contribution in [0.5, 0.6) is 0 Å². The normalized spacial score (nSPS) is 11.3. The van der Waals surface area contributed by atoms with E-state index in [0.29, 0.717) is 11.2 Å². The molecular weight excluding hydrogens is 292 g/mol. The van der Waals surface area contributed by atoms with E-state index in [-0.39, 0.29) is 18.6 Å². The number of sulfonamides is 1. The smallest absolute Gasteiger partial charge is 0.305 e. The Bertz CT molecular complexity index is 738. The van der Waals surface area contributed by atoms with Crippen LogP contribution in [0.3, 0.4) is 0 Å². The van der Waals surface area contributed by atoms with Crippen molar-refractivity contribution in [3.8, 4) is 0 Å². The highest BCUT2D eigenvalue weighted by molar-refractivity contribution is 7.92. The van der Waals surface area contributed by atoms with E-state index in [0.717, 1.165) is 5.39 Å². The molecule has 0 unspecified atom stereocenters. The lowest BCUT2D eigenvalue weighted by molar-refractivity contribution is -0.140. The van der Waals surface area contributed by atoms with Gasteiger partial charge in [-0.1, -0.05) is 18.2 Å². The van der Waals surface area contributed by atoms with Gasteiger partial charge in [-0.2, -0.15) is 0 Å². The number of ether oxygens (including phenoxy) is 1. The molecule has 1 heterocycles. The molecule has 0 saturated heterocycles. The highest BCUT2D eigenvalue weighted by Gasteiger charge is 2.13. The molecule has 0 radical (unpaired) electrons. The van der Waals surface area contributed by atoms with Crippen molar-refractivity contribution < 1.29 is 17.9 Å². The third kappa shape index (κ3) is 4.16. The summed E-state index contributed by atoms with van der Waals surface area (Å²) in [5.41, 5.74) is 1.03. The van der Waals surface area contributed by atoms with Gasteiger partial charge < -0.3 is 4.74 Å². The fourth-order valence-electron chi connectivity index (χ4n) is 1.91. The van der Waals surface area contributed by atoms with Gasteiger partial charge >= 0.3 is 5.97 Å². The summed E-state index contributed by atoms with van der Waals surface area (Å²) in [6, 6.07) is 8.93. The van der Waals surface area contributed by atoms with E-state index in [4.69, 9.17) is 0 Å². The summed E-state index contributed by atoms with van der Waals surface area (Å²) < 4.78 is 31.0. The lowest BCUT2D eigenvalue weighted by Crippen LogP contribution is -2.18. The van der Waals surface area contributed by atoms with Gasteiger partial charge in [0, 0.05) is 18.0 Å². The average Bonchev–Trinajstić information content (AvgIpc) is 2.47. The first kappa shape index (κ1) is 15.2. The van der Waals surface area contributed by atoms with Gasteiger partial charge in [0.25, 0.3) is 0 Å². The number of anilines is 1. The number of carbonyl (C=O) groups is 1. The summed E-state index contributed by atoms with van der Waals surface area (Å²) in [6.07, 6.45) is 1.89. The maximum absolute atomic E-state index is 12.0. The Kier molecular flexibility index (Phi) is 4.74. The summed E-state index contributed by atoms with van der Waals surface area (Å²) in [7, 11) is -2.25. The van der Waals surface area contributed by atoms with Gasteiger partial charge in [0.15, 0.2) is 0 Å². The van der Waals surface area contributed by atoms with Crippen LogP contribution >= 0.6 is 0 Å². The number of nitrogens with zero attached hydrogens (tertiary/aromatic N) is 1. The van der Waals surface area contributed by atoms with Crippen molar-refractivity contribution in [2.75, 3.05) is 17.6 Å². The molecule has 6 nitrogen and oxygen atoms in total. The van der Waals surface area contributed by atoms with Crippen LogP contribution in [0, 0.1) is 0 Å². The van der Waals surface area contributed by atoms with Crippen molar-refractivity contribution in [3.05, 3.63) is 36.5 Å². The van der Waals surface area contributed by atoms with Gasteiger partial charge in [-0.3, -0.25) is 14.5 Å². The van der Waals surface area contributed by atoms with Crippen molar-refractivity contribution in [2.45, 2.75) is 12.8 Å². The van der Waals surface area contributed by atoms with Gasteiger partial charge in [0.1, 0.15) is 0 Å².